The number of carboxylic acids is 1. The van der Waals surface area contributed by atoms with Gasteiger partial charge in [-0.1, -0.05) is 48.3 Å². The van der Waals surface area contributed by atoms with E-state index in [1.165, 1.54) is 11.3 Å². The van der Waals surface area contributed by atoms with E-state index in [9.17, 15) is 14.7 Å². The highest BCUT2D eigenvalue weighted by Crippen LogP contribution is 2.47. The zero-order chi connectivity index (χ0) is 28.8. The zero-order valence-electron chi connectivity index (χ0n) is 22.3. The van der Waals surface area contributed by atoms with Gasteiger partial charge >= 0.3 is 5.97 Å². The van der Waals surface area contributed by atoms with E-state index in [1.807, 2.05) is 37.3 Å². The first-order valence-electron chi connectivity index (χ1n) is 12.7. The molecule has 1 aliphatic rings. The van der Waals surface area contributed by atoms with Gasteiger partial charge in [0.05, 0.1) is 50.3 Å². The van der Waals surface area contributed by atoms with Gasteiger partial charge < -0.3 is 29.0 Å². The summed E-state index contributed by atoms with van der Waals surface area (Å²) in [5.41, 5.74) is 1.61. The molecule has 4 rings (SSSR count). The number of thiophene rings is 1. The highest BCUT2D eigenvalue weighted by Gasteiger charge is 2.47. The third-order valence-electron chi connectivity index (χ3n) is 6.74. The van der Waals surface area contributed by atoms with E-state index in [-0.39, 0.29) is 19.3 Å². The van der Waals surface area contributed by atoms with Gasteiger partial charge in [0.25, 0.3) is 5.91 Å². The van der Waals surface area contributed by atoms with Crippen LogP contribution in [-0.4, -0.2) is 54.9 Å². The predicted octanol–water partition coefficient (Wildman–Crippen LogP) is 6.55. The van der Waals surface area contributed by atoms with Crippen molar-refractivity contribution in [1.82, 2.24) is 4.90 Å². The fourth-order valence-corrected chi connectivity index (χ4v) is 6.24. The van der Waals surface area contributed by atoms with E-state index in [1.54, 1.807) is 43.4 Å². The first-order valence-corrected chi connectivity index (χ1v) is 14.3. The zero-order valence-corrected chi connectivity index (χ0v) is 24.7. The van der Waals surface area contributed by atoms with Crippen LogP contribution in [0.25, 0.3) is 0 Å². The summed E-state index contributed by atoms with van der Waals surface area (Å²) in [7, 11) is 3.14. The second-order valence-electron chi connectivity index (χ2n) is 9.30. The van der Waals surface area contributed by atoms with Crippen LogP contribution in [0, 0.1) is 0 Å². The normalized spacial score (nSPS) is 19.9. The van der Waals surface area contributed by atoms with E-state index in [0.717, 1.165) is 16.0 Å². The molecule has 0 aliphatic carbocycles. The number of ether oxygens (including phenoxy) is 4. The van der Waals surface area contributed by atoms with Gasteiger partial charge in [-0.25, -0.2) is 0 Å². The van der Waals surface area contributed by atoms with E-state index in [0.29, 0.717) is 27.3 Å². The Morgan fingerprint density at radius 3 is 2.50 bits per heavy atom. The average molecular weight is 609 g/mol. The number of carboxylic acid groups (broad SMARTS) is 1. The Morgan fingerprint density at radius 2 is 1.88 bits per heavy atom. The number of carbonyl (C=O) groups excluding carboxylic acids is 1. The van der Waals surface area contributed by atoms with Crippen molar-refractivity contribution in [2.45, 2.75) is 50.7 Å². The molecule has 2 heterocycles. The summed E-state index contributed by atoms with van der Waals surface area (Å²) in [6.07, 6.45) is -1.74. The second-order valence-corrected chi connectivity index (χ2v) is 11.5. The van der Waals surface area contributed by atoms with Crippen LogP contribution >= 0.6 is 34.5 Å². The number of amides is 1. The maximum atomic E-state index is 13.9. The van der Waals surface area contributed by atoms with Gasteiger partial charge in [0.15, 0.2) is 11.5 Å². The molecule has 1 fully saturated rings. The topological polar surface area (TPSA) is 94.5 Å². The first-order chi connectivity index (χ1) is 19.2. The number of methoxy groups -OCH3 is 2. The Balaban J connectivity index is 1.67. The molecule has 1 aromatic heterocycles. The standard InChI is InChI=1S/C29H31Cl2NO7S/c1-4-20(16-38-15-17-8-9-21(36-2)22(12-17)37-3)32-27(24-10-11-25(31)40-24)28(18-6-5-7-19(30)13-18)39-23(29(32)35)14-26(33)34/h5-13,20,23,27-28H,4,14-16H2,1-3H3,(H,33,34)/t20?,23-,27-,28-/m1/s1. The number of halogens is 2. The smallest absolute Gasteiger partial charge is 0.306 e. The monoisotopic (exact) mass is 607 g/mol. The van der Waals surface area contributed by atoms with E-state index >= 15 is 0 Å². The number of hydrogen-bond acceptors (Lipinski definition) is 7. The number of morpholine rings is 1. The van der Waals surface area contributed by atoms with Crippen molar-refractivity contribution in [3.63, 3.8) is 0 Å². The molecule has 3 aromatic rings. The molecule has 0 spiro atoms. The molecule has 8 nitrogen and oxygen atoms in total. The van der Waals surface area contributed by atoms with E-state index < -0.39 is 36.5 Å². The number of aliphatic carboxylic acids is 1. The number of carbonyl (C=O) groups is 2. The van der Waals surface area contributed by atoms with Crippen molar-refractivity contribution in [2.75, 3.05) is 20.8 Å². The summed E-state index contributed by atoms with van der Waals surface area (Å²) in [6.45, 7) is 2.46. The van der Waals surface area contributed by atoms with Gasteiger partial charge in [0.1, 0.15) is 12.2 Å². The minimum Gasteiger partial charge on any atom is -0.493 e. The molecular formula is C29H31Cl2NO7S. The minimum atomic E-state index is -1.17. The lowest BCUT2D eigenvalue weighted by Gasteiger charge is -2.47. The summed E-state index contributed by atoms with van der Waals surface area (Å²) in [5, 5.41) is 10.1. The van der Waals surface area contributed by atoms with E-state index in [4.69, 9.17) is 42.1 Å². The Hall–Kier alpha value is -2.82. The fourth-order valence-electron chi connectivity index (χ4n) is 4.86. The van der Waals surface area contributed by atoms with Crippen molar-refractivity contribution >= 4 is 46.4 Å². The number of nitrogens with zero attached hydrogens (tertiary/aromatic N) is 1. The van der Waals surface area contributed by atoms with E-state index in [2.05, 4.69) is 0 Å². The highest BCUT2D eigenvalue weighted by atomic mass is 35.5. The molecule has 40 heavy (non-hydrogen) atoms. The molecule has 1 amide bonds. The summed E-state index contributed by atoms with van der Waals surface area (Å²) in [6, 6.07) is 15.4. The lowest BCUT2D eigenvalue weighted by Crippen LogP contribution is -2.56. The lowest BCUT2D eigenvalue weighted by atomic mass is 9.93. The molecule has 1 saturated heterocycles. The lowest BCUT2D eigenvalue weighted by molar-refractivity contribution is -0.185. The molecule has 2 aromatic carbocycles. The van der Waals surface area contributed by atoms with Crippen LogP contribution in [0.15, 0.2) is 54.6 Å². The molecule has 0 saturated carbocycles. The Labute approximate surface area is 247 Å². The Kier molecular flexibility index (Phi) is 10.3. The summed E-state index contributed by atoms with van der Waals surface area (Å²) in [5.74, 6) is -0.324. The molecule has 1 unspecified atom stereocenters. The molecule has 0 radical (unpaired) electrons. The summed E-state index contributed by atoms with van der Waals surface area (Å²) in [4.78, 5) is 28.1. The van der Waals surface area contributed by atoms with Crippen LogP contribution in [0.3, 0.4) is 0 Å². The minimum absolute atomic E-state index is 0.217. The van der Waals surface area contributed by atoms with Crippen LogP contribution in [0.5, 0.6) is 11.5 Å². The molecule has 11 heteroatoms. The summed E-state index contributed by atoms with van der Waals surface area (Å²) >= 11 is 14.0. The Bertz CT molecular complexity index is 1330. The van der Waals surface area contributed by atoms with Gasteiger partial charge in [-0.2, -0.15) is 0 Å². The van der Waals surface area contributed by atoms with Gasteiger partial charge in [0.2, 0.25) is 0 Å². The highest BCUT2D eigenvalue weighted by molar-refractivity contribution is 7.16. The Morgan fingerprint density at radius 1 is 1.10 bits per heavy atom. The van der Waals surface area contributed by atoms with Crippen LogP contribution in [-0.2, 0) is 25.7 Å². The average Bonchev–Trinajstić information content (AvgIpc) is 3.37. The maximum Gasteiger partial charge on any atom is 0.306 e. The molecule has 4 atom stereocenters. The van der Waals surface area contributed by atoms with Gasteiger partial charge in [-0.15, -0.1) is 11.3 Å². The van der Waals surface area contributed by atoms with Crippen LogP contribution in [0.1, 0.15) is 47.9 Å². The quantitative estimate of drug-likeness (QED) is 0.249. The van der Waals surface area contributed by atoms with Crippen molar-refractivity contribution in [1.29, 1.82) is 0 Å². The number of hydrogen-bond donors (Lipinski definition) is 1. The third kappa shape index (κ3) is 6.90. The molecule has 0 bridgehead atoms. The largest absolute Gasteiger partial charge is 0.493 e. The number of benzene rings is 2. The summed E-state index contributed by atoms with van der Waals surface area (Å²) < 4.78 is 23.6. The van der Waals surface area contributed by atoms with Crippen molar-refractivity contribution in [2.24, 2.45) is 0 Å². The number of rotatable bonds is 12. The molecular weight excluding hydrogens is 577 g/mol. The van der Waals surface area contributed by atoms with Crippen LogP contribution in [0.2, 0.25) is 9.36 Å². The van der Waals surface area contributed by atoms with Crippen molar-refractivity contribution < 1.29 is 33.6 Å². The molecule has 1 aliphatic heterocycles. The molecule has 214 valence electrons. The van der Waals surface area contributed by atoms with Crippen LogP contribution in [0.4, 0.5) is 0 Å². The van der Waals surface area contributed by atoms with Crippen molar-refractivity contribution in [3.05, 3.63) is 80.0 Å². The van der Waals surface area contributed by atoms with Gasteiger partial charge in [-0.05, 0) is 53.9 Å². The third-order valence-corrected chi connectivity index (χ3v) is 8.28. The second kappa shape index (κ2) is 13.7. The van der Waals surface area contributed by atoms with Gasteiger partial charge in [0, 0.05) is 9.90 Å². The van der Waals surface area contributed by atoms with Crippen molar-refractivity contribution in [3.8, 4) is 11.5 Å². The predicted molar refractivity (Wildman–Crippen MR) is 154 cm³/mol. The van der Waals surface area contributed by atoms with Gasteiger partial charge in [-0.3, -0.25) is 9.59 Å². The van der Waals surface area contributed by atoms with Crippen LogP contribution < -0.4 is 9.47 Å². The first kappa shape index (κ1) is 30.1. The molecule has 1 N–H and O–H groups in total. The maximum absolute atomic E-state index is 13.9. The fraction of sp³-hybridized carbons (Fsp3) is 0.379. The SMILES string of the molecule is CCC(COCc1ccc(OC)c(OC)c1)N1C(=O)[C@@H](CC(=O)O)O[C@H](c2cccc(Cl)c2)[C@H]1c1ccc(Cl)s1.